The molecule has 0 rings (SSSR count). The zero-order valence-electron chi connectivity index (χ0n) is 53.3. The third-order valence-electron chi connectivity index (χ3n) is 14.9. The Morgan fingerprint density at radius 1 is 0.438 bits per heavy atom. The maximum Gasteiger partial charge on any atom is 0.306 e. The minimum Gasteiger partial charge on any atom is -0.756 e. The first kappa shape index (κ1) is 77.5. The summed E-state index contributed by atoms with van der Waals surface area (Å²) in [6.45, 7) is 6.82. The maximum atomic E-state index is 13.6. The molecule has 0 aromatic carbocycles. The van der Waals surface area contributed by atoms with Gasteiger partial charge >= 0.3 is 5.97 Å². The van der Waals surface area contributed by atoms with Gasteiger partial charge in [0.15, 0.2) is 0 Å². The Morgan fingerprint density at radius 2 is 0.762 bits per heavy atom. The number of hydrogen-bond donors (Lipinski definition) is 1. The van der Waals surface area contributed by atoms with Crippen LogP contribution in [0.1, 0.15) is 310 Å². The number of unbranched alkanes of at least 4 members (excludes halogenated alkanes) is 35. The average molecular weight is 1140 g/mol. The van der Waals surface area contributed by atoms with Crippen molar-refractivity contribution in [3.8, 4) is 0 Å². The lowest BCUT2D eigenvalue weighted by Crippen LogP contribution is -2.47. The molecule has 1 N–H and O–H groups in total. The number of ether oxygens (including phenoxy) is 1. The van der Waals surface area contributed by atoms with Gasteiger partial charge in [0, 0.05) is 12.8 Å². The topological polar surface area (TPSA) is 114 Å². The largest absolute Gasteiger partial charge is 0.756 e. The lowest BCUT2D eigenvalue weighted by atomic mass is 10.0. The van der Waals surface area contributed by atoms with Crippen LogP contribution in [-0.2, 0) is 27.9 Å². The fraction of sp³-hybridized carbons (Fsp3) is 0.800. The molecule has 0 spiro atoms. The molecular weight excluding hydrogens is 1010 g/mol. The molecule has 0 aliphatic rings. The van der Waals surface area contributed by atoms with Crippen molar-refractivity contribution < 1.29 is 37.3 Å². The zero-order chi connectivity index (χ0) is 58.6. The van der Waals surface area contributed by atoms with Crippen molar-refractivity contribution in [2.24, 2.45) is 0 Å². The molecule has 0 saturated carbocycles. The normalized spacial score (nSPS) is 14.0. The molecule has 0 aromatic rings. The molecule has 0 radical (unpaired) electrons. The number of nitrogens with one attached hydrogen (secondary N) is 1. The summed E-state index contributed by atoms with van der Waals surface area (Å²) in [6, 6.07) is -0.898. The van der Waals surface area contributed by atoms with Crippen LogP contribution in [-0.4, -0.2) is 69.4 Å². The van der Waals surface area contributed by atoms with Crippen molar-refractivity contribution in [3.05, 3.63) is 72.9 Å². The van der Waals surface area contributed by atoms with Crippen molar-refractivity contribution in [2.45, 2.75) is 322 Å². The molecule has 80 heavy (non-hydrogen) atoms. The monoisotopic (exact) mass is 1140 g/mol. The first-order valence-electron chi connectivity index (χ1n) is 33.7. The number of nitrogens with zero attached hydrogens (tertiary/aromatic N) is 1. The smallest absolute Gasteiger partial charge is 0.306 e. The van der Waals surface area contributed by atoms with Crippen LogP contribution < -0.4 is 10.2 Å². The number of amides is 1. The molecule has 0 aromatic heterocycles. The van der Waals surface area contributed by atoms with E-state index in [1.165, 1.54) is 186 Å². The molecule has 3 unspecified atom stereocenters. The fourth-order valence-electron chi connectivity index (χ4n) is 9.62. The molecule has 0 aliphatic heterocycles. The van der Waals surface area contributed by atoms with Crippen LogP contribution >= 0.6 is 7.82 Å². The summed E-state index contributed by atoms with van der Waals surface area (Å²) in [4.78, 5) is 40.1. The molecule has 0 saturated heterocycles. The summed E-state index contributed by atoms with van der Waals surface area (Å²) in [5, 5.41) is 3.03. The van der Waals surface area contributed by atoms with Gasteiger partial charge in [-0.15, -0.1) is 0 Å². The van der Waals surface area contributed by atoms with Crippen LogP contribution in [0.2, 0.25) is 0 Å². The second-order valence-corrected chi connectivity index (χ2v) is 25.4. The van der Waals surface area contributed by atoms with E-state index in [0.717, 1.165) is 89.9 Å². The van der Waals surface area contributed by atoms with Gasteiger partial charge in [-0.2, -0.15) is 0 Å². The number of phosphoric acid groups is 1. The summed E-state index contributed by atoms with van der Waals surface area (Å²) >= 11 is 0. The highest BCUT2D eigenvalue weighted by Crippen LogP contribution is 2.38. The Kier molecular flexibility index (Phi) is 57.7. The Balaban J connectivity index is 5.18. The molecule has 0 heterocycles. The van der Waals surface area contributed by atoms with Gasteiger partial charge in [0.2, 0.25) is 5.91 Å². The van der Waals surface area contributed by atoms with Crippen LogP contribution in [0.15, 0.2) is 72.9 Å². The number of likely N-dealkylation sites (N-methyl/N-ethyl adjacent to an activating group) is 1. The van der Waals surface area contributed by atoms with Crippen LogP contribution in [0.5, 0.6) is 0 Å². The third-order valence-corrected chi connectivity index (χ3v) is 15.8. The third kappa shape index (κ3) is 60.1. The second-order valence-electron chi connectivity index (χ2n) is 24.0. The van der Waals surface area contributed by atoms with E-state index in [0.29, 0.717) is 17.4 Å². The molecule has 10 heteroatoms. The van der Waals surface area contributed by atoms with Crippen molar-refractivity contribution >= 4 is 19.7 Å². The van der Waals surface area contributed by atoms with E-state index in [1.807, 2.05) is 33.3 Å². The quantitative estimate of drug-likeness (QED) is 0.0212. The van der Waals surface area contributed by atoms with Gasteiger partial charge in [-0.25, -0.2) is 0 Å². The van der Waals surface area contributed by atoms with E-state index >= 15 is 0 Å². The molecule has 466 valence electrons. The number of carbonyl (C=O) groups is 2. The first-order chi connectivity index (χ1) is 38.9. The van der Waals surface area contributed by atoms with E-state index < -0.39 is 26.6 Å². The summed E-state index contributed by atoms with van der Waals surface area (Å²) in [5.74, 6) is -0.549. The highest BCUT2D eigenvalue weighted by Gasteiger charge is 2.27. The molecular formula is C70H129N2O7P. The fourth-order valence-corrected chi connectivity index (χ4v) is 10.3. The molecule has 1 amide bonds. The van der Waals surface area contributed by atoms with Gasteiger partial charge in [-0.05, 0) is 102 Å². The molecule has 0 fully saturated rings. The van der Waals surface area contributed by atoms with E-state index in [-0.39, 0.29) is 24.9 Å². The lowest BCUT2D eigenvalue weighted by Gasteiger charge is -2.30. The molecule has 0 aliphatic carbocycles. The van der Waals surface area contributed by atoms with Crippen molar-refractivity contribution in [2.75, 3.05) is 40.9 Å². The van der Waals surface area contributed by atoms with Gasteiger partial charge in [0.05, 0.1) is 33.8 Å². The van der Waals surface area contributed by atoms with Crippen molar-refractivity contribution in [3.63, 3.8) is 0 Å². The Labute approximate surface area is 495 Å². The zero-order valence-corrected chi connectivity index (χ0v) is 54.2. The van der Waals surface area contributed by atoms with Crippen molar-refractivity contribution in [1.82, 2.24) is 5.32 Å². The molecule has 9 nitrogen and oxygen atoms in total. The number of hydrogen-bond acceptors (Lipinski definition) is 7. The van der Waals surface area contributed by atoms with E-state index in [1.54, 1.807) is 0 Å². The highest BCUT2D eigenvalue weighted by atomic mass is 31.2. The van der Waals surface area contributed by atoms with Crippen molar-refractivity contribution in [1.29, 1.82) is 0 Å². The van der Waals surface area contributed by atoms with E-state index in [4.69, 9.17) is 13.8 Å². The highest BCUT2D eigenvalue weighted by molar-refractivity contribution is 7.45. The Morgan fingerprint density at radius 3 is 1.18 bits per heavy atom. The number of allylic oxidation sites excluding steroid dienone is 11. The second kappa shape index (κ2) is 59.6. The number of quaternary nitrogens is 1. The molecule has 0 bridgehead atoms. The summed E-state index contributed by atoms with van der Waals surface area (Å²) in [6.07, 6.45) is 77.2. The van der Waals surface area contributed by atoms with Crippen LogP contribution in [0, 0.1) is 0 Å². The first-order valence-corrected chi connectivity index (χ1v) is 35.2. The van der Waals surface area contributed by atoms with Crippen LogP contribution in [0.3, 0.4) is 0 Å². The predicted octanol–water partition coefficient (Wildman–Crippen LogP) is 20.5. The van der Waals surface area contributed by atoms with Gasteiger partial charge < -0.3 is 28.5 Å². The van der Waals surface area contributed by atoms with E-state index in [2.05, 4.69) is 86.8 Å². The van der Waals surface area contributed by atoms with Gasteiger partial charge in [-0.3, -0.25) is 14.2 Å². The number of esters is 1. The standard InChI is InChI=1S/C70H129N2O7P/c1-7-10-13-16-19-22-25-28-30-32-34-35-36-37-39-40-42-44-47-50-53-56-59-62-69(73)71-67(66-78-80(75,76)77-65-64-72(4,5)6)68(61-58-55-52-49-46-27-24-21-18-15-12-9-3)79-70(74)63-60-57-54-51-48-45-43-41-38-33-31-29-26-23-20-17-14-11-8-2/h19,22,28-31,34-35,37,39,58,61,67-68H,7-18,20-21,23-27,32-33,36,38,40-57,59-60,62-66H2,1-6H3,(H-,71,73,75,76)/b22-19-,30-28-,31-29+,35-34-,39-37-,61-58-. The SMILES string of the molecule is CCCCC/C=C\C/C=C\C/C=C\C/C=C\CCCCCCCCCC(=O)NC(COP(=O)([O-])OCC[N+](C)(C)C)C(/C=C\CCCCCCCCCCCC)OC(=O)CCCCCCCCCCC/C=C/CCCCCCCC. The van der Waals surface area contributed by atoms with Gasteiger partial charge in [0.1, 0.15) is 19.3 Å². The summed E-state index contributed by atoms with van der Waals surface area (Å²) in [5.41, 5.74) is 0. The minimum absolute atomic E-state index is 0.0267. The van der Waals surface area contributed by atoms with Gasteiger partial charge in [-0.1, -0.05) is 267 Å². The van der Waals surface area contributed by atoms with Crippen LogP contribution in [0.25, 0.3) is 0 Å². The number of carbonyl (C=O) groups excluding carboxylic acids is 2. The summed E-state index contributed by atoms with van der Waals surface area (Å²) in [7, 11) is 1.18. The maximum absolute atomic E-state index is 13.6. The predicted molar refractivity (Wildman–Crippen MR) is 344 cm³/mol. The summed E-state index contributed by atoms with van der Waals surface area (Å²) < 4.78 is 30.4. The Hall–Kier alpha value is -2.55. The minimum atomic E-state index is -4.71. The Bertz CT molecular complexity index is 1600. The lowest BCUT2D eigenvalue weighted by molar-refractivity contribution is -0.870. The van der Waals surface area contributed by atoms with Gasteiger partial charge in [0.25, 0.3) is 7.82 Å². The average Bonchev–Trinajstić information content (AvgIpc) is 3.42. The molecule has 3 atom stereocenters. The number of phosphoric ester groups is 1. The van der Waals surface area contributed by atoms with E-state index in [9.17, 15) is 19.0 Å². The number of rotatable bonds is 61. The van der Waals surface area contributed by atoms with Crippen LogP contribution in [0.4, 0.5) is 0 Å².